The van der Waals surface area contributed by atoms with Crippen LogP contribution in [0.1, 0.15) is 15.9 Å². The Morgan fingerprint density at radius 3 is 2.94 bits per heavy atom. The highest BCUT2D eigenvalue weighted by atomic mass is 16.5. The van der Waals surface area contributed by atoms with Gasteiger partial charge >= 0.3 is 5.97 Å². The first-order valence-electron chi connectivity index (χ1n) is 5.48. The number of nitrogens with zero attached hydrogens (tertiary/aromatic N) is 2. The fourth-order valence-electron chi connectivity index (χ4n) is 1.52. The number of carbonyl (C=O) groups is 1. The molecule has 5 heteroatoms. The zero-order chi connectivity index (χ0) is 13.0. The molecule has 0 aliphatic rings. The van der Waals surface area contributed by atoms with Gasteiger partial charge in [0.2, 0.25) is 0 Å². The molecule has 0 fully saturated rings. The molecule has 1 aromatic heterocycles. The first kappa shape index (κ1) is 12.2. The number of hydrogen-bond donors (Lipinski definition) is 0. The van der Waals surface area contributed by atoms with E-state index >= 15 is 0 Å². The predicted molar refractivity (Wildman–Crippen MR) is 65.3 cm³/mol. The van der Waals surface area contributed by atoms with E-state index in [-0.39, 0.29) is 12.6 Å². The molecule has 2 aromatic rings. The Kier molecular flexibility index (Phi) is 3.62. The van der Waals surface area contributed by atoms with E-state index < -0.39 is 0 Å². The summed E-state index contributed by atoms with van der Waals surface area (Å²) in [5.74, 6) is 0.357. The molecule has 1 aromatic carbocycles. The van der Waals surface area contributed by atoms with Gasteiger partial charge in [0.15, 0.2) is 0 Å². The third kappa shape index (κ3) is 2.88. The third-order valence-electron chi connectivity index (χ3n) is 2.44. The van der Waals surface area contributed by atoms with Crippen molar-refractivity contribution in [2.75, 3.05) is 7.11 Å². The lowest BCUT2D eigenvalue weighted by molar-refractivity contribution is 0.0472. The second kappa shape index (κ2) is 5.35. The van der Waals surface area contributed by atoms with Gasteiger partial charge in [0.05, 0.1) is 18.9 Å². The van der Waals surface area contributed by atoms with Crippen molar-refractivity contribution in [3.63, 3.8) is 0 Å². The van der Waals surface area contributed by atoms with Crippen molar-refractivity contribution >= 4 is 5.97 Å². The van der Waals surface area contributed by atoms with E-state index in [1.165, 1.54) is 6.20 Å². The van der Waals surface area contributed by atoms with Crippen LogP contribution in [0.25, 0.3) is 0 Å². The number of carbonyl (C=O) groups excluding carboxylic acids is 1. The molecule has 1 heterocycles. The van der Waals surface area contributed by atoms with E-state index in [2.05, 4.69) is 5.10 Å². The van der Waals surface area contributed by atoms with Gasteiger partial charge in [-0.1, -0.05) is 12.1 Å². The third-order valence-corrected chi connectivity index (χ3v) is 2.44. The van der Waals surface area contributed by atoms with E-state index in [0.717, 1.165) is 11.3 Å². The molecule has 0 aliphatic heterocycles. The van der Waals surface area contributed by atoms with E-state index in [0.29, 0.717) is 5.56 Å². The predicted octanol–water partition coefficient (Wildman–Crippen LogP) is 1.79. The fraction of sp³-hybridized carbons (Fsp3) is 0.231. The Morgan fingerprint density at radius 2 is 2.28 bits per heavy atom. The molecule has 0 atom stereocenters. The summed E-state index contributed by atoms with van der Waals surface area (Å²) in [7, 11) is 3.35. The Morgan fingerprint density at radius 1 is 1.44 bits per heavy atom. The summed E-state index contributed by atoms with van der Waals surface area (Å²) in [6.07, 6.45) is 3.10. The van der Waals surface area contributed by atoms with Crippen LogP contribution in [0, 0.1) is 0 Å². The van der Waals surface area contributed by atoms with Crippen LogP contribution in [-0.2, 0) is 18.4 Å². The van der Waals surface area contributed by atoms with Gasteiger partial charge in [0, 0.05) is 13.2 Å². The fourth-order valence-corrected chi connectivity index (χ4v) is 1.52. The van der Waals surface area contributed by atoms with Gasteiger partial charge in [-0.3, -0.25) is 4.68 Å². The monoisotopic (exact) mass is 246 g/mol. The van der Waals surface area contributed by atoms with Crippen LogP contribution in [0.5, 0.6) is 5.75 Å². The van der Waals surface area contributed by atoms with Gasteiger partial charge < -0.3 is 9.47 Å². The summed E-state index contributed by atoms with van der Waals surface area (Å²) in [4.78, 5) is 11.7. The van der Waals surface area contributed by atoms with E-state index in [4.69, 9.17) is 9.47 Å². The van der Waals surface area contributed by atoms with Gasteiger partial charge in [-0.05, 0) is 17.7 Å². The number of aromatic nitrogens is 2. The molecule has 0 saturated carbocycles. The van der Waals surface area contributed by atoms with Gasteiger partial charge in [-0.25, -0.2) is 4.79 Å². The summed E-state index contributed by atoms with van der Waals surface area (Å²) in [5, 5.41) is 3.92. The molecular weight excluding hydrogens is 232 g/mol. The molecule has 0 aliphatic carbocycles. The van der Waals surface area contributed by atoms with E-state index in [1.54, 1.807) is 25.0 Å². The second-order valence-corrected chi connectivity index (χ2v) is 3.83. The van der Waals surface area contributed by atoms with Crippen LogP contribution in [-0.4, -0.2) is 22.9 Å². The van der Waals surface area contributed by atoms with Crippen LogP contribution in [0.2, 0.25) is 0 Å². The Bertz CT molecular complexity index is 549. The zero-order valence-electron chi connectivity index (χ0n) is 10.3. The highest BCUT2D eigenvalue weighted by molar-refractivity contribution is 5.88. The highest BCUT2D eigenvalue weighted by Gasteiger charge is 2.09. The Hall–Kier alpha value is -2.30. The number of ether oxygens (including phenoxy) is 2. The molecule has 0 radical (unpaired) electrons. The quantitative estimate of drug-likeness (QED) is 0.772. The van der Waals surface area contributed by atoms with Crippen molar-refractivity contribution in [3.8, 4) is 5.75 Å². The second-order valence-electron chi connectivity index (χ2n) is 3.83. The average molecular weight is 246 g/mol. The van der Waals surface area contributed by atoms with Crippen LogP contribution in [0.3, 0.4) is 0 Å². The van der Waals surface area contributed by atoms with Crippen molar-refractivity contribution in [1.29, 1.82) is 0 Å². The van der Waals surface area contributed by atoms with Gasteiger partial charge in [-0.2, -0.15) is 5.10 Å². The Balaban J connectivity index is 1.97. The topological polar surface area (TPSA) is 53.4 Å². The molecule has 5 nitrogen and oxygen atoms in total. The zero-order valence-corrected chi connectivity index (χ0v) is 10.3. The lowest BCUT2D eigenvalue weighted by atomic mass is 10.2. The summed E-state index contributed by atoms with van der Waals surface area (Å²) in [6.45, 7) is 0.213. The summed E-state index contributed by atoms with van der Waals surface area (Å²) in [6, 6.07) is 7.40. The Labute approximate surface area is 105 Å². The van der Waals surface area contributed by atoms with Crippen molar-refractivity contribution in [2.24, 2.45) is 7.05 Å². The standard InChI is InChI=1S/C13H14N2O3/c1-15-8-11(7-14-15)13(16)18-9-10-4-3-5-12(6-10)17-2/h3-8H,9H2,1-2H3. The normalized spacial score (nSPS) is 10.1. The lowest BCUT2D eigenvalue weighted by Crippen LogP contribution is -2.04. The first-order valence-corrected chi connectivity index (χ1v) is 5.48. The van der Waals surface area contributed by atoms with Gasteiger partial charge in [0.1, 0.15) is 12.4 Å². The van der Waals surface area contributed by atoms with Crippen molar-refractivity contribution < 1.29 is 14.3 Å². The van der Waals surface area contributed by atoms with Gasteiger partial charge in [0.25, 0.3) is 0 Å². The number of aryl methyl sites for hydroxylation is 1. The maximum atomic E-state index is 11.7. The van der Waals surface area contributed by atoms with Crippen LogP contribution >= 0.6 is 0 Å². The number of benzene rings is 1. The molecule has 94 valence electrons. The maximum absolute atomic E-state index is 11.7. The van der Waals surface area contributed by atoms with Crippen LogP contribution in [0.15, 0.2) is 36.7 Å². The largest absolute Gasteiger partial charge is 0.497 e. The van der Waals surface area contributed by atoms with E-state index in [1.807, 2.05) is 24.3 Å². The average Bonchev–Trinajstić information content (AvgIpc) is 2.83. The highest BCUT2D eigenvalue weighted by Crippen LogP contribution is 2.13. The van der Waals surface area contributed by atoms with Gasteiger partial charge in [-0.15, -0.1) is 0 Å². The number of rotatable bonds is 4. The molecule has 0 spiro atoms. The molecule has 18 heavy (non-hydrogen) atoms. The number of esters is 1. The molecule has 2 rings (SSSR count). The minimum Gasteiger partial charge on any atom is -0.497 e. The molecule has 0 amide bonds. The van der Waals surface area contributed by atoms with Crippen molar-refractivity contribution in [1.82, 2.24) is 9.78 Å². The smallest absolute Gasteiger partial charge is 0.341 e. The lowest BCUT2D eigenvalue weighted by Gasteiger charge is -2.05. The SMILES string of the molecule is COc1cccc(COC(=O)c2cnn(C)c2)c1. The molecule has 0 N–H and O–H groups in total. The summed E-state index contributed by atoms with van der Waals surface area (Å²) < 4.78 is 11.8. The summed E-state index contributed by atoms with van der Waals surface area (Å²) in [5.41, 5.74) is 1.33. The minimum absolute atomic E-state index is 0.213. The number of hydrogen-bond acceptors (Lipinski definition) is 4. The van der Waals surface area contributed by atoms with Crippen molar-refractivity contribution in [3.05, 3.63) is 47.8 Å². The van der Waals surface area contributed by atoms with Crippen molar-refractivity contribution in [2.45, 2.75) is 6.61 Å². The molecule has 0 bridgehead atoms. The van der Waals surface area contributed by atoms with Crippen LogP contribution < -0.4 is 4.74 Å². The van der Waals surface area contributed by atoms with E-state index in [9.17, 15) is 4.79 Å². The molecular formula is C13H14N2O3. The minimum atomic E-state index is -0.383. The molecule has 0 saturated heterocycles. The first-order chi connectivity index (χ1) is 8.69. The molecule has 0 unspecified atom stereocenters. The maximum Gasteiger partial charge on any atom is 0.341 e. The summed E-state index contributed by atoms with van der Waals surface area (Å²) >= 11 is 0. The van der Waals surface area contributed by atoms with Crippen LogP contribution in [0.4, 0.5) is 0 Å². The number of methoxy groups -OCH3 is 1.